The molecule has 2 heteroatoms. The highest BCUT2D eigenvalue weighted by atomic mass is 79.9. The molecule has 2 aliphatic carbocycles. The number of fused-ring (bicyclic) bond motifs is 10. The lowest BCUT2D eigenvalue weighted by atomic mass is 9.70. The van der Waals surface area contributed by atoms with Crippen LogP contribution in [0.5, 0.6) is 0 Å². The first-order valence-corrected chi connectivity index (χ1v) is 12.5. The number of benzene rings is 4. The lowest BCUT2D eigenvalue weighted by Gasteiger charge is -2.31. The second kappa shape index (κ2) is 6.92. The van der Waals surface area contributed by atoms with Crippen LogP contribution in [0.15, 0.2) is 81.7 Å². The molecule has 0 aromatic heterocycles. The van der Waals surface area contributed by atoms with Crippen molar-refractivity contribution in [3.05, 3.63) is 115 Å². The van der Waals surface area contributed by atoms with Gasteiger partial charge >= 0.3 is 0 Å². The van der Waals surface area contributed by atoms with Crippen LogP contribution < -0.4 is 0 Å². The van der Waals surface area contributed by atoms with Gasteiger partial charge in [0.05, 0.1) is 5.41 Å². The van der Waals surface area contributed by atoms with E-state index in [2.05, 4.69) is 119 Å². The van der Waals surface area contributed by atoms with Gasteiger partial charge < -0.3 is 0 Å². The summed E-state index contributed by atoms with van der Waals surface area (Å²) in [7, 11) is 0. The lowest BCUT2D eigenvalue weighted by molar-refractivity contribution is 0.788. The monoisotopic (exact) mass is 528 g/mol. The first-order valence-electron chi connectivity index (χ1n) is 11.0. The largest absolute Gasteiger partial charge is 0.0726 e. The van der Waals surface area contributed by atoms with E-state index < -0.39 is 0 Å². The Labute approximate surface area is 200 Å². The van der Waals surface area contributed by atoms with Crippen molar-refractivity contribution in [2.75, 3.05) is 0 Å². The lowest BCUT2D eigenvalue weighted by Crippen LogP contribution is -2.26. The van der Waals surface area contributed by atoms with Gasteiger partial charge in [-0.05, 0) is 92.7 Å². The maximum absolute atomic E-state index is 3.78. The number of aryl methyl sites for hydroxylation is 2. The third kappa shape index (κ3) is 2.52. The number of hydrogen-bond donors (Lipinski definition) is 0. The molecule has 0 atom stereocenters. The summed E-state index contributed by atoms with van der Waals surface area (Å²) in [5.74, 6) is 0. The minimum absolute atomic E-state index is 0.279. The molecule has 0 saturated carbocycles. The SMILES string of the molecule is CCc1ccc2c(c1)C1(c3cc(Br)ccc3-2)c2cc(Br)ccc2-c2ccc(CC)cc21. The maximum Gasteiger partial charge on any atom is 0.0726 e. The van der Waals surface area contributed by atoms with Crippen molar-refractivity contribution in [1.29, 1.82) is 0 Å². The number of hydrogen-bond acceptors (Lipinski definition) is 0. The molecular weight excluding hydrogens is 508 g/mol. The highest BCUT2D eigenvalue weighted by Crippen LogP contribution is 2.63. The second-order valence-electron chi connectivity index (χ2n) is 8.60. The third-order valence-corrected chi connectivity index (χ3v) is 8.13. The summed E-state index contributed by atoms with van der Waals surface area (Å²) >= 11 is 7.56. The molecule has 0 fully saturated rings. The zero-order valence-corrected chi connectivity index (χ0v) is 20.8. The van der Waals surface area contributed by atoms with Crippen LogP contribution >= 0.6 is 31.9 Å². The Bertz CT molecular complexity index is 1270. The topological polar surface area (TPSA) is 0 Å². The molecule has 0 nitrogen and oxygen atoms in total. The molecule has 4 aromatic rings. The molecule has 0 bridgehead atoms. The van der Waals surface area contributed by atoms with Gasteiger partial charge in [0.25, 0.3) is 0 Å². The Kier molecular flexibility index (Phi) is 4.36. The van der Waals surface area contributed by atoms with Gasteiger partial charge in [-0.3, -0.25) is 0 Å². The van der Waals surface area contributed by atoms with Crippen molar-refractivity contribution < 1.29 is 0 Å². The fourth-order valence-corrected chi connectivity index (χ4v) is 6.43. The molecule has 31 heavy (non-hydrogen) atoms. The minimum atomic E-state index is -0.279. The first kappa shape index (κ1) is 19.5. The van der Waals surface area contributed by atoms with E-state index in [0.717, 1.165) is 21.8 Å². The van der Waals surface area contributed by atoms with Gasteiger partial charge in [-0.2, -0.15) is 0 Å². The van der Waals surface area contributed by atoms with E-state index in [-0.39, 0.29) is 5.41 Å². The van der Waals surface area contributed by atoms with Crippen molar-refractivity contribution in [3.63, 3.8) is 0 Å². The Balaban J connectivity index is 1.84. The predicted molar refractivity (Wildman–Crippen MR) is 137 cm³/mol. The highest BCUT2D eigenvalue weighted by Gasteiger charge is 2.52. The molecule has 4 aromatic carbocycles. The van der Waals surface area contributed by atoms with Crippen molar-refractivity contribution in [2.45, 2.75) is 32.1 Å². The summed E-state index contributed by atoms with van der Waals surface area (Å²) in [5, 5.41) is 0. The average Bonchev–Trinajstić information content (AvgIpc) is 3.23. The summed E-state index contributed by atoms with van der Waals surface area (Å²) in [6.07, 6.45) is 2.08. The van der Waals surface area contributed by atoms with E-state index in [0.29, 0.717) is 0 Å². The molecule has 1 spiro atoms. The van der Waals surface area contributed by atoms with E-state index >= 15 is 0 Å². The van der Waals surface area contributed by atoms with Gasteiger partial charge in [0.2, 0.25) is 0 Å². The summed E-state index contributed by atoms with van der Waals surface area (Å²) in [5.41, 5.74) is 13.5. The predicted octanol–water partition coefficient (Wildman–Crippen LogP) is 8.68. The van der Waals surface area contributed by atoms with Crippen LogP contribution in [0, 0.1) is 0 Å². The molecule has 2 aliphatic rings. The molecule has 0 unspecified atom stereocenters. The average molecular weight is 530 g/mol. The van der Waals surface area contributed by atoms with E-state index in [1.54, 1.807) is 0 Å². The van der Waals surface area contributed by atoms with Crippen molar-refractivity contribution in [3.8, 4) is 22.3 Å². The summed E-state index contributed by atoms with van der Waals surface area (Å²) in [6.45, 7) is 4.49. The van der Waals surface area contributed by atoms with E-state index in [9.17, 15) is 0 Å². The molecule has 0 saturated heterocycles. The molecule has 0 aliphatic heterocycles. The van der Waals surface area contributed by atoms with E-state index in [1.165, 1.54) is 55.6 Å². The molecule has 6 rings (SSSR count). The summed E-state index contributed by atoms with van der Waals surface area (Å²) in [6, 6.07) is 27.8. The Hall–Kier alpha value is -2.16. The fraction of sp³-hybridized carbons (Fsp3) is 0.172. The molecule has 0 radical (unpaired) electrons. The third-order valence-electron chi connectivity index (χ3n) is 7.14. The molecule has 0 N–H and O–H groups in total. The van der Waals surface area contributed by atoms with E-state index in [1.807, 2.05) is 0 Å². The van der Waals surface area contributed by atoms with Gasteiger partial charge in [0, 0.05) is 8.95 Å². The number of rotatable bonds is 2. The maximum atomic E-state index is 3.78. The van der Waals surface area contributed by atoms with Crippen LogP contribution in [0.2, 0.25) is 0 Å². The van der Waals surface area contributed by atoms with Gasteiger partial charge in [-0.1, -0.05) is 94.2 Å². The van der Waals surface area contributed by atoms with Crippen LogP contribution in [0.1, 0.15) is 47.2 Å². The van der Waals surface area contributed by atoms with Crippen LogP contribution in [0.3, 0.4) is 0 Å². The standard InChI is InChI=1S/C29H22Br2/c1-3-17-5-9-21-23-11-7-19(30)15-27(23)29(25(21)13-17)26-14-18(4-2)6-10-22(26)24-12-8-20(31)16-28(24)29/h5-16H,3-4H2,1-2H3. The Morgan fingerprint density at radius 2 is 0.871 bits per heavy atom. The van der Waals surface area contributed by atoms with Crippen molar-refractivity contribution >= 4 is 31.9 Å². The molecule has 0 amide bonds. The molecular formula is C29H22Br2. The normalized spacial score (nSPS) is 14.3. The fourth-order valence-electron chi connectivity index (χ4n) is 5.71. The first-order chi connectivity index (χ1) is 15.1. The van der Waals surface area contributed by atoms with Crippen molar-refractivity contribution in [2.24, 2.45) is 0 Å². The smallest absolute Gasteiger partial charge is 0.0613 e. The quantitative estimate of drug-likeness (QED) is 0.210. The summed E-state index contributed by atoms with van der Waals surface area (Å²) in [4.78, 5) is 0. The molecule has 152 valence electrons. The van der Waals surface area contributed by atoms with Crippen molar-refractivity contribution in [1.82, 2.24) is 0 Å². The zero-order chi connectivity index (χ0) is 21.3. The zero-order valence-electron chi connectivity index (χ0n) is 17.6. The van der Waals surface area contributed by atoms with E-state index in [4.69, 9.17) is 0 Å². The minimum Gasteiger partial charge on any atom is -0.0613 e. The number of halogens is 2. The second-order valence-corrected chi connectivity index (χ2v) is 10.4. The van der Waals surface area contributed by atoms with Gasteiger partial charge in [0.1, 0.15) is 0 Å². The molecule has 0 heterocycles. The van der Waals surface area contributed by atoms with Crippen LogP contribution in [0.25, 0.3) is 22.3 Å². The van der Waals surface area contributed by atoms with Gasteiger partial charge in [-0.15, -0.1) is 0 Å². The Morgan fingerprint density at radius 3 is 1.26 bits per heavy atom. The summed E-state index contributed by atoms with van der Waals surface area (Å²) < 4.78 is 2.26. The van der Waals surface area contributed by atoms with Crippen LogP contribution in [-0.4, -0.2) is 0 Å². The van der Waals surface area contributed by atoms with Crippen LogP contribution in [0.4, 0.5) is 0 Å². The van der Waals surface area contributed by atoms with Gasteiger partial charge in [0.15, 0.2) is 0 Å². The Morgan fingerprint density at radius 1 is 0.516 bits per heavy atom. The van der Waals surface area contributed by atoms with Crippen LogP contribution in [-0.2, 0) is 18.3 Å². The van der Waals surface area contributed by atoms with Gasteiger partial charge in [-0.25, -0.2) is 0 Å². The highest BCUT2D eigenvalue weighted by molar-refractivity contribution is 9.10.